The van der Waals surface area contributed by atoms with Crippen LogP contribution in [0.5, 0.6) is 0 Å². The van der Waals surface area contributed by atoms with E-state index in [9.17, 15) is 19.2 Å². The number of nitrogens with zero attached hydrogens (tertiary/aromatic N) is 5. The number of amides is 4. The van der Waals surface area contributed by atoms with E-state index in [0.29, 0.717) is 19.5 Å². The normalized spacial score (nSPS) is 17.1. The van der Waals surface area contributed by atoms with Gasteiger partial charge in [0.1, 0.15) is 17.9 Å². The van der Waals surface area contributed by atoms with Gasteiger partial charge >= 0.3 is 6.09 Å². The number of hydrogen-bond acceptors (Lipinski definition) is 7. The number of ether oxygens (including phenoxy) is 1. The first kappa shape index (κ1) is 48.5. The van der Waals surface area contributed by atoms with Gasteiger partial charge in [-0.3, -0.25) is 19.5 Å². The molecule has 2 aliphatic rings. The van der Waals surface area contributed by atoms with Crippen molar-refractivity contribution in [2.24, 2.45) is 11.8 Å². The summed E-state index contributed by atoms with van der Waals surface area (Å²) in [6.45, 7) is 17.4. The van der Waals surface area contributed by atoms with Crippen LogP contribution in [0, 0.1) is 11.8 Å². The smallest absolute Gasteiger partial charge is 0.407 e. The molecular formula is C55H67N9O5. The fraction of sp³-hybridized carbons (Fsp3) is 0.418. The first-order valence-corrected chi connectivity index (χ1v) is 24.5. The maximum absolute atomic E-state index is 13.8. The molecule has 4 unspecified atom stereocenters. The number of benzene rings is 3. The van der Waals surface area contributed by atoms with Crippen molar-refractivity contribution in [3.05, 3.63) is 114 Å². The van der Waals surface area contributed by atoms with Gasteiger partial charge in [-0.2, -0.15) is 5.10 Å². The van der Waals surface area contributed by atoms with E-state index in [1.54, 1.807) is 6.92 Å². The summed E-state index contributed by atoms with van der Waals surface area (Å²) >= 11 is 0. The van der Waals surface area contributed by atoms with Gasteiger partial charge < -0.3 is 34.7 Å². The predicted molar refractivity (Wildman–Crippen MR) is 269 cm³/mol. The number of H-pyrrole nitrogens is 2. The number of likely N-dealkylation sites (tertiary alicyclic amines) is 2. The standard InChI is InChI=1S/C55H67N9O5/c1-10-48(65)58-49(33(2)3)52(66)62-29-11-13-46(62)42-31-41(60-61-42)35-15-19-37(20-16-35)44-27-28-45(64(44)40-25-23-39(24-26-40)55(6,7)8)38-21-17-36(18-22-38)43-32-56-51(57-43)47-14-12-30-63(47)53(67)50(34(4)5)59-54(68)69-9/h15-28,31-34,46-47,49-50H,10-14,29-30H2,1-9H3,(H,56,57)(H,58,65)(H,59,68)(H,60,61). The van der Waals surface area contributed by atoms with E-state index in [2.05, 4.69) is 131 Å². The van der Waals surface area contributed by atoms with Crippen LogP contribution in [0.25, 0.3) is 50.7 Å². The predicted octanol–water partition coefficient (Wildman–Crippen LogP) is 10.1. The van der Waals surface area contributed by atoms with Crippen LogP contribution in [-0.2, 0) is 24.5 Å². The monoisotopic (exact) mass is 934 g/mol. The molecule has 3 aromatic carbocycles. The number of imidazole rings is 1. The third kappa shape index (κ3) is 10.3. The summed E-state index contributed by atoms with van der Waals surface area (Å²) in [5.74, 6) is 0.250. The fourth-order valence-electron chi connectivity index (χ4n) is 9.73. The molecule has 2 aliphatic heterocycles. The summed E-state index contributed by atoms with van der Waals surface area (Å²) in [5.41, 5.74) is 10.9. The van der Waals surface area contributed by atoms with Crippen LogP contribution in [0.2, 0.25) is 0 Å². The van der Waals surface area contributed by atoms with Crippen molar-refractivity contribution in [3.63, 3.8) is 0 Å². The molecule has 69 heavy (non-hydrogen) atoms. The van der Waals surface area contributed by atoms with Crippen molar-refractivity contribution in [2.45, 2.75) is 117 Å². The lowest BCUT2D eigenvalue weighted by atomic mass is 9.87. The molecule has 0 spiro atoms. The second kappa shape index (κ2) is 20.3. The second-order valence-corrected chi connectivity index (χ2v) is 20.2. The van der Waals surface area contributed by atoms with Gasteiger partial charge in [-0.15, -0.1) is 0 Å². The molecule has 362 valence electrons. The topological polar surface area (TPSA) is 170 Å². The lowest BCUT2D eigenvalue weighted by Gasteiger charge is -2.30. The van der Waals surface area contributed by atoms with Crippen molar-refractivity contribution in [3.8, 4) is 50.7 Å². The van der Waals surface area contributed by atoms with Crippen LogP contribution in [0.3, 0.4) is 0 Å². The zero-order valence-corrected chi connectivity index (χ0v) is 41.4. The number of methoxy groups -OCH3 is 1. The summed E-state index contributed by atoms with van der Waals surface area (Å²) in [6.07, 6.45) is 4.85. The number of nitrogens with one attached hydrogen (secondary N) is 4. The highest BCUT2D eigenvalue weighted by atomic mass is 16.5. The Hall–Kier alpha value is -6.96. The number of alkyl carbamates (subject to hydrolysis) is 1. The number of aromatic nitrogens is 5. The minimum absolute atomic E-state index is 0.00333. The van der Waals surface area contributed by atoms with Crippen molar-refractivity contribution in [1.82, 2.24) is 45.2 Å². The molecule has 14 nitrogen and oxygen atoms in total. The third-order valence-electron chi connectivity index (χ3n) is 13.7. The second-order valence-electron chi connectivity index (χ2n) is 20.2. The molecule has 2 saturated heterocycles. The Morgan fingerprint density at radius 3 is 1.81 bits per heavy atom. The molecule has 4 atom stereocenters. The summed E-state index contributed by atoms with van der Waals surface area (Å²) in [4.78, 5) is 63.9. The number of aromatic amines is 2. The van der Waals surface area contributed by atoms with Crippen molar-refractivity contribution in [2.75, 3.05) is 20.2 Å². The van der Waals surface area contributed by atoms with Crippen LogP contribution < -0.4 is 10.6 Å². The van der Waals surface area contributed by atoms with E-state index in [1.165, 1.54) is 12.7 Å². The van der Waals surface area contributed by atoms with Crippen LogP contribution in [-0.4, -0.2) is 90.6 Å². The van der Waals surface area contributed by atoms with Gasteiger partial charge in [-0.25, -0.2) is 9.78 Å². The minimum atomic E-state index is -0.702. The van der Waals surface area contributed by atoms with Crippen molar-refractivity contribution in [1.29, 1.82) is 0 Å². The van der Waals surface area contributed by atoms with Gasteiger partial charge in [0.2, 0.25) is 17.7 Å². The summed E-state index contributed by atoms with van der Waals surface area (Å²) in [7, 11) is 1.30. The maximum atomic E-state index is 13.8. The molecule has 0 saturated carbocycles. The highest BCUT2D eigenvalue weighted by Crippen LogP contribution is 2.38. The zero-order valence-electron chi connectivity index (χ0n) is 41.4. The van der Waals surface area contributed by atoms with Crippen LogP contribution in [0.4, 0.5) is 4.79 Å². The van der Waals surface area contributed by atoms with Gasteiger partial charge in [0.15, 0.2) is 0 Å². The zero-order chi connectivity index (χ0) is 49.1. The van der Waals surface area contributed by atoms with Crippen LogP contribution in [0.1, 0.15) is 117 Å². The maximum Gasteiger partial charge on any atom is 0.407 e. The molecule has 0 bridgehead atoms. The first-order chi connectivity index (χ1) is 33.1. The molecule has 6 aromatic rings. The fourth-order valence-corrected chi connectivity index (χ4v) is 9.73. The molecule has 0 aliphatic carbocycles. The van der Waals surface area contributed by atoms with Gasteiger partial charge in [-0.1, -0.05) is 116 Å². The van der Waals surface area contributed by atoms with E-state index in [1.807, 2.05) is 49.8 Å². The molecule has 4 N–H and O–H groups in total. The molecule has 3 aromatic heterocycles. The van der Waals surface area contributed by atoms with E-state index in [0.717, 1.165) is 87.9 Å². The van der Waals surface area contributed by atoms with E-state index >= 15 is 0 Å². The Labute approximate surface area is 405 Å². The lowest BCUT2D eigenvalue weighted by molar-refractivity contribution is -0.138. The van der Waals surface area contributed by atoms with Gasteiger partial charge in [0, 0.05) is 30.8 Å². The van der Waals surface area contributed by atoms with Gasteiger partial charge in [-0.05, 0) is 95.5 Å². The first-order valence-electron chi connectivity index (χ1n) is 24.5. The molecule has 2 fully saturated rings. The van der Waals surface area contributed by atoms with Gasteiger partial charge in [0.05, 0.1) is 53.9 Å². The summed E-state index contributed by atoms with van der Waals surface area (Å²) < 4.78 is 7.11. The molecule has 0 radical (unpaired) electrons. The largest absolute Gasteiger partial charge is 0.453 e. The number of hydrogen-bond donors (Lipinski definition) is 4. The lowest BCUT2D eigenvalue weighted by Crippen LogP contribution is -2.51. The van der Waals surface area contributed by atoms with Crippen molar-refractivity contribution >= 4 is 23.8 Å². The Balaban J connectivity index is 1.04. The Morgan fingerprint density at radius 1 is 0.725 bits per heavy atom. The molecular weight excluding hydrogens is 867 g/mol. The highest BCUT2D eigenvalue weighted by Gasteiger charge is 2.39. The molecule has 4 amide bonds. The minimum Gasteiger partial charge on any atom is -0.453 e. The average molecular weight is 934 g/mol. The molecule has 5 heterocycles. The Bertz CT molecular complexity index is 2600. The van der Waals surface area contributed by atoms with E-state index in [-0.39, 0.29) is 47.1 Å². The Morgan fingerprint density at radius 2 is 1.26 bits per heavy atom. The SMILES string of the molecule is CCC(=O)NC(C(=O)N1CCCC1c1cc(-c2ccc(-c3ccc(-c4ccc(-c5cnc(C6CCCN6C(=O)C(NC(=O)OC)C(C)C)[nH]5)cc4)n3-c3ccc(C(C)(C)C)cc3)cc2)n[nH]1)C(C)C. The molecule has 8 rings (SSSR count). The van der Waals surface area contributed by atoms with Crippen LogP contribution in [0.15, 0.2) is 97.2 Å². The van der Waals surface area contributed by atoms with E-state index < -0.39 is 18.2 Å². The average Bonchev–Trinajstić information content (AvgIpc) is 4.21. The Kier molecular flexibility index (Phi) is 14.3. The third-order valence-corrected chi connectivity index (χ3v) is 13.7. The number of rotatable bonds is 14. The van der Waals surface area contributed by atoms with E-state index in [4.69, 9.17) is 14.8 Å². The van der Waals surface area contributed by atoms with Crippen LogP contribution >= 0.6 is 0 Å². The summed E-state index contributed by atoms with van der Waals surface area (Å²) in [6, 6.07) is 30.5. The quantitative estimate of drug-likeness (QED) is 0.0842. The molecule has 14 heteroatoms. The number of carbonyl (C=O) groups excluding carboxylic acids is 4. The highest BCUT2D eigenvalue weighted by molar-refractivity contribution is 5.88. The van der Waals surface area contributed by atoms with Gasteiger partial charge in [0.25, 0.3) is 0 Å². The van der Waals surface area contributed by atoms with Crippen molar-refractivity contribution < 1.29 is 23.9 Å². The number of carbonyl (C=O) groups is 4. The summed E-state index contributed by atoms with van der Waals surface area (Å²) in [5, 5.41) is 13.6.